The maximum absolute atomic E-state index is 12.6. The van der Waals surface area contributed by atoms with Crippen molar-refractivity contribution in [3.8, 4) is 0 Å². The van der Waals surface area contributed by atoms with Gasteiger partial charge >= 0.3 is 5.97 Å². The van der Waals surface area contributed by atoms with Crippen LogP contribution in [0.25, 0.3) is 0 Å². The van der Waals surface area contributed by atoms with Crippen molar-refractivity contribution in [2.24, 2.45) is 0 Å². The van der Waals surface area contributed by atoms with E-state index in [1.807, 2.05) is 25.7 Å². The Bertz CT molecular complexity index is 928. The van der Waals surface area contributed by atoms with Crippen molar-refractivity contribution in [1.82, 2.24) is 20.3 Å². The van der Waals surface area contributed by atoms with Gasteiger partial charge in [-0.1, -0.05) is 43.7 Å². The van der Waals surface area contributed by atoms with Gasteiger partial charge in [0.05, 0.1) is 23.5 Å². The monoisotopic (exact) mass is 455 g/mol. The van der Waals surface area contributed by atoms with Gasteiger partial charge in [-0.05, 0) is 18.8 Å². The number of methoxy groups -OCH3 is 1. The molecule has 0 spiro atoms. The molecule has 30 heavy (non-hydrogen) atoms. The predicted molar refractivity (Wildman–Crippen MR) is 115 cm³/mol. The molecule has 1 saturated heterocycles. The van der Waals surface area contributed by atoms with Gasteiger partial charge in [-0.15, -0.1) is 0 Å². The second-order valence-corrected chi connectivity index (χ2v) is 8.80. The van der Waals surface area contributed by atoms with E-state index in [9.17, 15) is 14.7 Å². The van der Waals surface area contributed by atoms with Gasteiger partial charge in [0.15, 0.2) is 16.1 Å². The number of amides is 1. The first-order chi connectivity index (χ1) is 14.2. The molecule has 2 atom stereocenters. The van der Waals surface area contributed by atoms with E-state index in [2.05, 4.69) is 20.3 Å². The van der Waals surface area contributed by atoms with Crippen molar-refractivity contribution in [2.75, 3.05) is 25.1 Å². The lowest BCUT2D eigenvalue weighted by Crippen LogP contribution is -2.55. The number of H-pyrrole nitrogens is 1. The number of hydrogen-bond donors (Lipinski definition) is 3. The number of carboxylic acids is 1. The first-order valence-corrected chi connectivity index (χ1v) is 11.0. The van der Waals surface area contributed by atoms with Crippen LogP contribution < -0.4 is 10.2 Å². The summed E-state index contributed by atoms with van der Waals surface area (Å²) in [5.41, 5.74) is 1.31. The molecule has 0 saturated carbocycles. The van der Waals surface area contributed by atoms with Crippen LogP contribution in [-0.2, 0) is 11.2 Å². The summed E-state index contributed by atoms with van der Waals surface area (Å²) in [7, 11) is 1.59. The fourth-order valence-electron chi connectivity index (χ4n) is 3.46. The molecule has 0 radical (unpaired) electrons. The largest absolute Gasteiger partial charge is 0.477 e. The van der Waals surface area contributed by atoms with E-state index >= 15 is 0 Å². The molecule has 11 heteroatoms. The molecule has 0 aliphatic carbocycles. The standard InChI is InChI=1S/C19H26ClN5O4S/c1-5-10-15(20)24-16(21-10)17(26)22-11-6-7-25(8-12(11)29-4)19-23-13(9(2)3)14(30-19)18(27)28/h9,11-12H,5-8H2,1-4H3,(H,21,24)(H,22,26)(H,27,28)/t11-,12+/m0/s1. The Hall–Kier alpha value is -2.17. The molecule has 9 nitrogen and oxygen atoms in total. The van der Waals surface area contributed by atoms with E-state index in [4.69, 9.17) is 16.3 Å². The van der Waals surface area contributed by atoms with Gasteiger partial charge in [0.2, 0.25) is 0 Å². The number of rotatable bonds is 7. The topological polar surface area (TPSA) is 120 Å². The number of carboxylic acid groups (broad SMARTS) is 1. The smallest absolute Gasteiger partial charge is 0.347 e. The molecule has 0 aromatic carbocycles. The van der Waals surface area contributed by atoms with Crippen LogP contribution in [0.3, 0.4) is 0 Å². The second-order valence-electron chi connectivity index (χ2n) is 7.47. The number of carbonyl (C=O) groups excluding carboxylic acids is 1. The number of aromatic carboxylic acids is 1. The number of ether oxygens (including phenoxy) is 1. The summed E-state index contributed by atoms with van der Waals surface area (Å²) >= 11 is 7.21. The van der Waals surface area contributed by atoms with Gasteiger partial charge in [0.1, 0.15) is 4.88 Å². The second kappa shape index (κ2) is 9.32. The summed E-state index contributed by atoms with van der Waals surface area (Å²) in [5.74, 6) is -1.09. The predicted octanol–water partition coefficient (Wildman–Crippen LogP) is 2.93. The van der Waals surface area contributed by atoms with Crippen molar-refractivity contribution < 1.29 is 19.4 Å². The van der Waals surface area contributed by atoms with Gasteiger partial charge < -0.3 is 25.0 Å². The number of thiazole rings is 1. The number of aromatic amines is 1. The molecule has 164 valence electrons. The van der Waals surface area contributed by atoms with Gasteiger partial charge in [0, 0.05) is 20.2 Å². The van der Waals surface area contributed by atoms with Crippen LogP contribution in [0.5, 0.6) is 0 Å². The van der Waals surface area contributed by atoms with Gasteiger partial charge in [0.25, 0.3) is 5.91 Å². The van der Waals surface area contributed by atoms with E-state index < -0.39 is 5.97 Å². The maximum atomic E-state index is 12.6. The molecule has 0 bridgehead atoms. The van der Waals surface area contributed by atoms with Gasteiger partial charge in [-0.25, -0.2) is 14.8 Å². The summed E-state index contributed by atoms with van der Waals surface area (Å²) in [6.45, 7) is 6.89. The first kappa shape index (κ1) is 22.5. The highest BCUT2D eigenvalue weighted by molar-refractivity contribution is 7.17. The zero-order valence-electron chi connectivity index (χ0n) is 17.4. The third-order valence-electron chi connectivity index (χ3n) is 5.13. The van der Waals surface area contributed by atoms with Gasteiger partial charge in [-0.3, -0.25) is 4.79 Å². The van der Waals surface area contributed by atoms with Crippen molar-refractivity contribution >= 4 is 39.9 Å². The maximum Gasteiger partial charge on any atom is 0.347 e. The lowest BCUT2D eigenvalue weighted by Gasteiger charge is -2.37. The van der Waals surface area contributed by atoms with Crippen LogP contribution >= 0.6 is 22.9 Å². The average Bonchev–Trinajstić information content (AvgIpc) is 3.32. The lowest BCUT2D eigenvalue weighted by atomic mass is 10.0. The van der Waals surface area contributed by atoms with E-state index in [0.29, 0.717) is 41.9 Å². The number of aromatic nitrogens is 3. The normalized spacial score (nSPS) is 19.3. The van der Waals surface area contributed by atoms with Crippen LogP contribution in [0.2, 0.25) is 5.15 Å². The van der Waals surface area contributed by atoms with Crippen LogP contribution in [0, 0.1) is 0 Å². The highest BCUT2D eigenvalue weighted by Gasteiger charge is 2.33. The number of nitrogens with zero attached hydrogens (tertiary/aromatic N) is 3. The third-order valence-corrected chi connectivity index (χ3v) is 6.56. The summed E-state index contributed by atoms with van der Waals surface area (Å²) in [6, 6.07) is -0.212. The molecule has 3 N–H and O–H groups in total. The number of hydrogen-bond acceptors (Lipinski definition) is 7. The lowest BCUT2D eigenvalue weighted by molar-refractivity contribution is 0.0538. The number of aryl methyl sites for hydroxylation is 1. The number of carbonyl (C=O) groups is 2. The molecular formula is C19H26ClN5O4S. The molecule has 0 unspecified atom stereocenters. The number of halogens is 1. The van der Waals surface area contributed by atoms with Crippen molar-refractivity contribution in [3.05, 3.63) is 27.2 Å². The Labute approximate surface area is 183 Å². The summed E-state index contributed by atoms with van der Waals surface area (Å²) in [4.78, 5) is 38.0. The molecule has 1 aliphatic heterocycles. The van der Waals surface area contributed by atoms with E-state index in [1.165, 1.54) is 11.3 Å². The SMILES string of the molecule is CCc1[nH]c(C(=O)N[C@H]2CCN(c3nc(C(C)C)c(C(=O)O)s3)C[C@H]2OC)nc1Cl. The van der Waals surface area contributed by atoms with Gasteiger partial charge in [-0.2, -0.15) is 0 Å². The number of imidazole rings is 1. The van der Waals surface area contributed by atoms with Crippen molar-refractivity contribution in [3.63, 3.8) is 0 Å². The first-order valence-electron chi connectivity index (χ1n) is 9.82. The minimum atomic E-state index is -0.962. The molecule has 1 fully saturated rings. The average molecular weight is 456 g/mol. The highest BCUT2D eigenvalue weighted by atomic mass is 35.5. The summed E-state index contributed by atoms with van der Waals surface area (Å²) in [6.07, 6.45) is 1.000. The third kappa shape index (κ3) is 4.60. The number of piperidine rings is 1. The van der Waals surface area contributed by atoms with Crippen LogP contribution in [0.15, 0.2) is 0 Å². The molecule has 1 aliphatic rings. The zero-order chi connectivity index (χ0) is 22.0. The Morgan fingerprint density at radius 2 is 2.17 bits per heavy atom. The van der Waals surface area contributed by atoms with Crippen molar-refractivity contribution in [1.29, 1.82) is 0 Å². The molecule has 3 rings (SSSR count). The molecule has 2 aromatic heterocycles. The van der Waals surface area contributed by atoms with E-state index in [0.717, 1.165) is 5.69 Å². The highest BCUT2D eigenvalue weighted by Crippen LogP contribution is 2.32. The number of anilines is 1. The minimum absolute atomic E-state index is 0.0179. The van der Waals surface area contributed by atoms with Crippen LogP contribution in [-0.4, -0.2) is 64.3 Å². The Kier molecular flexibility index (Phi) is 6.99. The van der Waals surface area contributed by atoms with E-state index in [-0.39, 0.29) is 34.7 Å². The fraction of sp³-hybridized carbons (Fsp3) is 0.579. The molecule has 2 aromatic rings. The fourth-order valence-corrected chi connectivity index (χ4v) is 4.82. The zero-order valence-corrected chi connectivity index (χ0v) is 18.9. The van der Waals surface area contributed by atoms with Crippen molar-refractivity contribution in [2.45, 2.75) is 51.7 Å². The summed E-state index contributed by atoms with van der Waals surface area (Å²) < 4.78 is 5.62. The Morgan fingerprint density at radius 1 is 1.43 bits per heavy atom. The summed E-state index contributed by atoms with van der Waals surface area (Å²) in [5, 5.41) is 13.4. The number of nitrogens with one attached hydrogen (secondary N) is 2. The quantitative estimate of drug-likeness (QED) is 0.586. The van der Waals surface area contributed by atoms with Crippen LogP contribution in [0.1, 0.15) is 64.8 Å². The van der Waals surface area contributed by atoms with Crippen LogP contribution in [0.4, 0.5) is 5.13 Å². The molecular weight excluding hydrogens is 430 g/mol. The Morgan fingerprint density at radius 3 is 2.70 bits per heavy atom. The molecule has 1 amide bonds. The Balaban J connectivity index is 1.71. The van der Waals surface area contributed by atoms with E-state index in [1.54, 1.807) is 7.11 Å². The minimum Gasteiger partial charge on any atom is -0.477 e. The molecule has 3 heterocycles.